The Morgan fingerprint density at radius 3 is 2.93 bits per heavy atom. The zero-order valence-electron chi connectivity index (χ0n) is 9.17. The van der Waals surface area contributed by atoms with E-state index in [2.05, 4.69) is 11.8 Å². The molecular weight excluding hydrogens is 176 g/mol. The fourth-order valence-corrected chi connectivity index (χ4v) is 2.29. The maximum absolute atomic E-state index is 6.11. The molecule has 2 aliphatic rings. The smallest absolute Gasteiger partial charge is 0.0702 e. The van der Waals surface area contributed by atoms with Gasteiger partial charge >= 0.3 is 0 Å². The monoisotopic (exact) mass is 198 g/mol. The first kappa shape index (κ1) is 10.4. The molecule has 0 radical (unpaired) electrons. The van der Waals surface area contributed by atoms with Gasteiger partial charge in [0.2, 0.25) is 0 Å². The van der Waals surface area contributed by atoms with Crippen molar-refractivity contribution in [3.63, 3.8) is 0 Å². The van der Waals surface area contributed by atoms with Crippen molar-refractivity contribution < 1.29 is 4.74 Å². The van der Waals surface area contributed by atoms with E-state index in [4.69, 9.17) is 10.5 Å². The fraction of sp³-hybridized carbons (Fsp3) is 1.00. The van der Waals surface area contributed by atoms with Crippen LogP contribution in [0.2, 0.25) is 0 Å². The Bertz CT molecular complexity index is 190. The molecule has 82 valence electrons. The number of nitrogens with zero attached hydrogens (tertiary/aromatic N) is 1. The highest BCUT2D eigenvalue weighted by Gasteiger charge is 2.40. The molecule has 1 aliphatic carbocycles. The van der Waals surface area contributed by atoms with E-state index in [1.165, 1.54) is 32.2 Å². The Morgan fingerprint density at radius 2 is 2.29 bits per heavy atom. The lowest BCUT2D eigenvalue weighted by atomic mass is 10.1. The van der Waals surface area contributed by atoms with Gasteiger partial charge in [-0.05, 0) is 39.2 Å². The number of ether oxygens (including phenoxy) is 1. The highest BCUT2D eigenvalue weighted by molar-refractivity contribution is 5.01. The van der Waals surface area contributed by atoms with Gasteiger partial charge < -0.3 is 10.5 Å². The molecule has 3 heteroatoms. The first-order chi connectivity index (χ1) is 6.72. The van der Waals surface area contributed by atoms with Crippen LogP contribution >= 0.6 is 0 Å². The molecule has 0 bridgehead atoms. The molecule has 0 amide bonds. The van der Waals surface area contributed by atoms with Crippen molar-refractivity contribution in [2.45, 2.75) is 44.2 Å². The lowest BCUT2D eigenvalue weighted by Crippen LogP contribution is -2.46. The number of rotatable bonds is 4. The van der Waals surface area contributed by atoms with Crippen LogP contribution in [0.3, 0.4) is 0 Å². The average Bonchev–Trinajstić information content (AvgIpc) is 2.84. The summed E-state index contributed by atoms with van der Waals surface area (Å²) < 4.78 is 5.67. The minimum absolute atomic E-state index is 0.161. The number of hydrogen-bond donors (Lipinski definition) is 1. The second-order valence-electron chi connectivity index (χ2n) is 4.82. The van der Waals surface area contributed by atoms with Gasteiger partial charge in [-0.25, -0.2) is 0 Å². The minimum atomic E-state index is 0.161. The number of likely N-dealkylation sites (tertiary alicyclic amines) is 1. The summed E-state index contributed by atoms with van der Waals surface area (Å²) in [4.78, 5) is 2.48. The van der Waals surface area contributed by atoms with Crippen LogP contribution in [0.1, 0.15) is 32.6 Å². The van der Waals surface area contributed by atoms with Gasteiger partial charge in [0.1, 0.15) is 0 Å². The summed E-state index contributed by atoms with van der Waals surface area (Å²) in [5, 5.41) is 0. The van der Waals surface area contributed by atoms with E-state index in [0.717, 1.165) is 19.7 Å². The minimum Gasteiger partial charge on any atom is -0.377 e. The molecular formula is C11H22N2O. The normalized spacial score (nSPS) is 31.7. The van der Waals surface area contributed by atoms with Gasteiger partial charge in [-0.1, -0.05) is 0 Å². The van der Waals surface area contributed by atoms with Gasteiger partial charge in [-0.2, -0.15) is 0 Å². The predicted molar refractivity (Wildman–Crippen MR) is 57.2 cm³/mol. The van der Waals surface area contributed by atoms with Gasteiger partial charge in [-0.3, -0.25) is 4.90 Å². The van der Waals surface area contributed by atoms with Gasteiger partial charge in [0.05, 0.1) is 6.10 Å². The van der Waals surface area contributed by atoms with Crippen molar-refractivity contribution in [2.75, 3.05) is 26.2 Å². The van der Waals surface area contributed by atoms with Crippen molar-refractivity contribution in [2.24, 2.45) is 5.73 Å². The Hall–Kier alpha value is -0.120. The topological polar surface area (TPSA) is 38.5 Å². The number of nitrogens with two attached hydrogens (primary N) is 1. The molecule has 1 heterocycles. The van der Waals surface area contributed by atoms with Gasteiger partial charge in [-0.15, -0.1) is 0 Å². The molecule has 3 nitrogen and oxygen atoms in total. The lowest BCUT2D eigenvalue weighted by molar-refractivity contribution is 0.00381. The highest BCUT2D eigenvalue weighted by Crippen LogP contribution is 2.33. The van der Waals surface area contributed by atoms with Crippen molar-refractivity contribution in [1.29, 1.82) is 0 Å². The Balaban J connectivity index is 1.75. The van der Waals surface area contributed by atoms with E-state index in [-0.39, 0.29) is 5.54 Å². The highest BCUT2D eigenvalue weighted by atomic mass is 16.5. The van der Waals surface area contributed by atoms with Crippen LogP contribution in [0, 0.1) is 0 Å². The summed E-state index contributed by atoms with van der Waals surface area (Å²) in [6.45, 7) is 6.29. The number of hydrogen-bond acceptors (Lipinski definition) is 3. The second-order valence-corrected chi connectivity index (χ2v) is 4.82. The van der Waals surface area contributed by atoms with E-state index < -0.39 is 0 Å². The first-order valence-electron chi connectivity index (χ1n) is 5.85. The average molecular weight is 198 g/mol. The van der Waals surface area contributed by atoms with Crippen molar-refractivity contribution >= 4 is 0 Å². The van der Waals surface area contributed by atoms with Crippen molar-refractivity contribution in [3.8, 4) is 0 Å². The van der Waals surface area contributed by atoms with Gasteiger partial charge in [0, 0.05) is 25.2 Å². The zero-order chi connectivity index (χ0) is 10.0. The van der Waals surface area contributed by atoms with Crippen molar-refractivity contribution in [1.82, 2.24) is 4.90 Å². The summed E-state index contributed by atoms with van der Waals surface area (Å²) in [6.07, 6.45) is 5.37. The van der Waals surface area contributed by atoms with Gasteiger partial charge in [0.25, 0.3) is 0 Å². The third-order valence-corrected chi connectivity index (χ3v) is 3.30. The SMILES string of the molecule is CCOC1CCCN(CC2(N)CC2)C1. The van der Waals surface area contributed by atoms with Crippen LogP contribution in [0.15, 0.2) is 0 Å². The molecule has 1 saturated heterocycles. The van der Waals surface area contributed by atoms with Crippen LogP contribution in [-0.4, -0.2) is 42.8 Å². The quantitative estimate of drug-likeness (QED) is 0.732. The third kappa shape index (κ3) is 2.69. The molecule has 1 saturated carbocycles. The molecule has 2 rings (SSSR count). The van der Waals surface area contributed by atoms with E-state index >= 15 is 0 Å². The molecule has 2 fully saturated rings. The van der Waals surface area contributed by atoms with E-state index in [1.54, 1.807) is 0 Å². The molecule has 0 aromatic heterocycles. The lowest BCUT2D eigenvalue weighted by Gasteiger charge is -2.34. The predicted octanol–water partition coefficient (Wildman–Crippen LogP) is 0.979. The molecule has 1 unspecified atom stereocenters. The molecule has 0 aromatic carbocycles. The van der Waals surface area contributed by atoms with Crippen LogP contribution in [0.5, 0.6) is 0 Å². The van der Waals surface area contributed by atoms with Gasteiger partial charge in [0.15, 0.2) is 0 Å². The summed E-state index contributed by atoms with van der Waals surface area (Å²) in [6, 6.07) is 0. The fourth-order valence-electron chi connectivity index (χ4n) is 2.29. The standard InChI is InChI=1S/C11H22N2O/c1-2-14-10-4-3-7-13(8-10)9-11(12)5-6-11/h10H,2-9,12H2,1H3. The van der Waals surface area contributed by atoms with Crippen LogP contribution in [0.25, 0.3) is 0 Å². The van der Waals surface area contributed by atoms with Crippen LogP contribution < -0.4 is 5.73 Å². The maximum atomic E-state index is 6.11. The molecule has 1 atom stereocenters. The zero-order valence-corrected chi connectivity index (χ0v) is 9.17. The molecule has 1 aliphatic heterocycles. The summed E-state index contributed by atoms with van der Waals surface area (Å²) in [5.74, 6) is 0. The molecule has 14 heavy (non-hydrogen) atoms. The summed E-state index contributed by atoms with van der Waals surface area (Å²) in [5.41, 5.74) is 6.28. The van der Waals surface area contributed by atoms with E-state index in [1.807, 2.05) is 0 Å². The third-order valence-electron chi connectivity index (χ3n) is 3.30. The van der Waals surface area contributed by atoms with Crippen LogP contribution in [0.4, 0.5) is 0 Å². The van der Waals surface area contributed by atoms with E-state index in [0.29, 0.717) is 6.10 Å². The Kier molecular flexibility index (Phi) is 3.10. The Morgan fingerprint density at radius 1 is 1.50 bits per heavy atom. The summed E-state index contributed by atoms with van der Waals surface area (Å²) in [7, 11) is 0. The Labute approximate surface area is 86.6 Å². The van der Waals surface area contributed by atoms with E-state index in [9.17, 15) is 0 Å². The van der Waals surface area contributed by atoms with Crippen molar-refractivity contribution in [3.05, 3.63) is 0 Å². The molecule has 0 aromatic rings. The number of piperidine rings is 1. The second kappa shape index (κ2) is 4.17. The van der Waals surface area contributed by atoms with Crippen LogP contribution in [-0.2, 0) is 4.74 Å². The maximum Gasteiger partial charge on any atom is 0.0702 e. The molecule has 2 N–H and O–H groups in total. The summed E-state index contributed by atoms with van der Waals surface area (Å²) >= 11 is 0. The largest absolute Gasteiger partial charge is 0.377 e. The molecule has 0 spiro atoms. The first-order valence-corrected chi connectivity index (χ1v) is 5.85.